The zero-order chi connectivity index (χ0) is 14.0. The van der Waals surface area contributed by atoms with Gasteiger partial charge in [-0.2, -0.15) is 0 Å². The lowest BCUT2D eigenvalue weighted by Crippen LogP contribution is -2.26. The van der Waals surface area contributed by atoms with Crippen LogP contribution >= 0.6 is 22.6 Å². The van der Waals surface area contributed by atoms with Gasteiger partial charge in [-0.1, -0.05) is 48.6 Å². The molecule has 0 heterocycles. The second kappa shape index (κ2) is 5.61. The first kappa shape index (κ1) is 14.5. The van der Waals surface area contributed by atoms with Gasteiger partial charge in [0.05, 0.1) is 11.3 Å². The van der Waals surface area contributed by atoms with Crippen molar-refractivity contribution in [3.63, 3.8) is 0 Å². The summed E-state index contributed by atoms with van der Waals surface area (Å²) in [5.41, 5.74) is 1.06. The number of aliphatic imine (C=N–C) groups is 1. The Labute approximate surface area is 127 Å². The fourth-order valence-corrected chi connectivity index (χ4v) is 2.73. The normalized spacial score (nSPS) is 27.0. The van der Waals surface area contributed by atoms with Crippen molar-refractivity contribution in [1.82, 2.24) is 0 Å². The van der Waals surface area contributed by atoms with Gasteiger partial charge in [0.1, 0.15) is 5.76 Å². The van der Waals surface area contributed by atoms with Crippen LogP contribution in [-0.2, 0) is 4.79 Å². The number of nitrogens with zero attached hydrogens (tertiary/aromatic N) is 1. The molecule has 0 radical (unpaired) electrons. The van der Waals surface area contributed by atoms with Gasteiger partial charge in [-0.25, -0.2) is 0 Å². The molecule has 0 aromatic heterocycles. The van der Waals surface area contributed by atoms with Crippen LogP contribution in [-0.4, -0.2) is 21.0 Å². The van der Waals surface area contributed by atoms with Crippen molar-refractivity contribution < 1.29 is 9.90 Å². The molecular weight excluding hydrogens is 353 g/mol. The molecule has 2 rings (SSSR count). The highest BCUT2D eigenvalue weighted by molar-refractivity contribution is 14.1. The molecule has 0 aromatic rings. The van der Waals surface area contributed by atoms with Crippen molar-refractivity contribution in [2.24, 2.45) is 10.4 Å². The number of halogens is 1. The van der Waals surface area contributed by atoms with E-state index in [1.807, 2.05) is 26.0 Å². The largest absolute Gasteiger partial charge is 0.511 e. The smallest absolute Gasteiger partial charge is 0.168 e. The van der Waals surface area contributed by atoms with E-state index >= 15 is 0 Å². The number of rotatable bonds is 2. The van der Waals surface area contributed by atoms with Gasteiger partial charge in [0, 0.05) is 23.0 Å². The molecule has 2 aliphatic rings. The summed E-state index contributed by atoms with van der Waals surface area (Å²) in [6.45, 7) is 3.98. The van der Waals surface area contributed by atoms with Gasteiger partial charge in [0.15, 0.2) is 5.78 Å². The van der Waals surface area contributed by atoms with E-state index in [2.05, 4.69) is 33.7 Å². The van der Waals surface area contributed by atoms with E-state index in [1.54, 1.807) is 0 Å². The maximum absolute atomic E-state index is 12.0. The summed E-state index contributed by atoms with van der Waals surface area (Å²) < 4.78 is 0.515. The van der Waals surface area contributed by atoms with Crippen molar-refractivity contribution in [3.05, 3.63) is 35.3 Å². The van der Waals surface area contributed by atoms with Crippen LogP contribution in [0.5, 0.6) is 0 Å². The number of Topliss-reactive ketones (excluding diaryl/α,β-unsaturated/α-hetero) is 1. The van der Waals surface area contributed by atoms with Gasteiger partial charge < -0.3 is 5.11 Å². The van der Waals surface area contributed by atoms with Crippen LogP contribution in [0.4, 0.5) is 0 Å². The standard InChI is InChI=1S/C15H18INO2/c1-15(2)7-13(18)12(14(19)8-15)9-17-11-5-3-10(16)4-6-11/h3,5-6,9-10,18H,4,7-8H2,1-2H3. The molecule has 2 aliphatic carbocycles. The van der Waals surface area contributed by atoms with E-state index in [0.717, 1.165) is 12.1 Å². The van der Waals surface area contributed by atoms with E-state index in [4.69, 9.17) is 0 Å². The van der Waals surface area contributed by atoms with E-state index in [-0.39, 0.29) is 17.0 Å². The summed E-state index contributed by atoms with van der Waals surface area (Å²) in [4.78, 5) is 16.3. The summed E-state index contributed by atoms with van der Waals surface area (Å²) >= 11 is 2.36. The third-order valence-electron chi connectivity index (χ3n) is 3.27. The minimum Gasteiger partial charge on any atom is -0.511 e. The lowest BCUT2D eigenvalue weighted by Gasteiger charge is -2.28. The van der Waals surface area contributed by atoms with Crippen molar-refractivity contribution in [1.29, 1.82) is 0 Å². The third kappa shape index (κ3) is 3.78. The van der Waals surface area contributed by atoms with Crippen molar-refractivity contribution in [2.45, 2.75) is 37.0 Å². The Morgan fingerprint density at radius 1 is 1.47 bits per heavy atom. The Morgan fingerprint density at radius 3 is 2.79 bits per heavy atom. The van der Waals surface area contributed by atoms with E-state index < -0.39 is 0 Å². The number of hydrogen-bond donors (Lipinski definition) is 1. The molecule has 0 fully saturated rings. The molecule has 19 heavy (non-hydrogen) atoms. The Hall–Kier alpha value is -0.910. The van der Waals surface area contributed by atoms with Gasteiger partial charge >= 0.3 is 0 Å². The molecule has 0 aliphatic heterocycles. The second-order valence-electron chi connectivity index (χ2n) is 5.80. The lowest BCUT2D eigenvalue weighted by molar-refractivity contribution is -0.117. The monoisotopic (exact) mass is 371 g/mol. The summed E-state index contributed by atoms with van der Waals surface area (Å²) in [5, 5.41) is 9.98. The molecule has 0 saturated heterocycles. The van der Waals surface area contributed by atoms with E-state index in [1.165, 1.54) is 6.21 Å². The topological polar surface area (TPSA) is 49.7 Å². The zero-order valence-electron chi connectivity index (χ0n) is 11.2. The Bertz CT molecular complexity index is 512. The van der Waals surface area contributed by atoms with Crippen LogP contribution in [0.25, 0.3) is 0 Å². The SMILES string of the molecule is CC1(C)CC(=O)C(C=NC2=CCC(I)C=C2)=C(O)C1. The van der Waals surface area contributed by atoms with Crippen LogP contribution in [0.3, 0.4) is 0 Å². The Kier molecular flexibility index (Phi) is 4.28. The summed E-state index contributed by atoms with van der Waals surface area (Å²) in [5.74, 6) is 0.141. The predicted octanol–water partition coefficient (Wildman–Crippen LogP) is 3.91. The molecule has 0 spiro atoms. The molecule has 0 aromatic carbocycles. The number of alkyl halides is 1. The van der Waals surface area contributed by atoms with E-state index in [0.29, 0.717) is 22.3 Å². The van der Waals surface area contributed by atoms with Gasteiger partial charge in [-0.15, -0.1) is 0 Å². The first-order chi connectivity index (χ1) is 8.87. The molecule has 0 saturated carbocycles. The molecule has 0 bridgehead atoms. The highest BCUT2D eigenvalue weighted by atomic mass is 127. The molecule has 1 atom stereocenters. The van der Waals surface area contributed by atoms with Gasteiger partial charge in [0.2, 0.25) is 0 Å². The number of carbonyl (C=O) groups excluding carboxylic acids is 1. The van der Waals surface area contributed by atoms with Crippen LogP contribution in [0.2, 0.25) is 0 Å². The number of hydrogen-bond acceptors (Lipinski definition) is 3. The van der Waals surface area contributed by atoms with E-state index in [9.17, 15) is 9.90 Å². The van der Waals surface area contributed by atoms with Crippen molar-refractivity contribution in [2.75, 3.05) is 0 Å². The zero-order valence-corrected chi connectivity index (χ0v) is 13.3. The maximum Gasteiger partial charge on any atom is 0.168 e. The first-order valence-electron chi connectivity index (χ1n) is 6.39. The molecule has 1 unspecified atom stereocenters. The average Bonchev–Trinajstić information content (AvgIpc) is 2.29. The van der Waals surface area contributed by atoms with Crippen molar-refractivity contribution in [3.8, 4) is 0 Å². The maximum atomic E-state index is 12.0. The number of ketones is 1. The van der Waals surface area contributed by atoms with Crippen molar-refractivity contribution >= 4 is 34.6 Å². The van der Waals surface area contributed by atoms with Gasteiger partial charge in [-0.05, 0) is 17.9 Å². The molecule has 3 nitrogen and oxygen atoms in total. The highest BCUT2D eigenvalue weighted by Gasteiger charge is 2.32. The molecule has 0 amide bonds. The number of carbonyl (C=O) groups is 1. The molecular formula is C15H18INO2. The fourth-order valence-electron chi connectivity index (χ4n) is 2.27. The third-order valence-corrected chi connectivity index (χ3v) is 4.19. The predicted molar refractivity (Wildman–Crippen MR) is 85.8 cm³/mol. The highest BCUT2D eigenvalue weighted by Crippen LogP contribution is 2.35. The average molecular weight is 371 g/mol. The summed E-state index contributed by atoms with van der Waals surface area (Å²) in [6, 6.07) is 0. The molecule has 1 N–H and O–H groups in total. The first-order valence-corrected chi connectivity index (χ1v) is 7.64. The lowest BCUT2D eigenvalue weighted by atomic mass is 9.77. The minimum atomic E-state index is -0.156. The van der Waals surface area contributed by atoms with Crippen LogP contribution in [0.1, 0.15) is 33.1 Å². The summed E-state index contributed by atoms with van der Waals surface area (Å²) in [7, 11) is 0. The van der Waals surface area contributed by atoms with Gasteiger partial charge in [-0.3, -0.25) is 9.79 Å². The number of aliphatic hydroxyl groups excluding tert-OH is 1. The van der Waals surface area contributed by atoms with Gasteiger partial charge in [0.25, 0.3) is 0 Å². The fraction of sp³-hybridized carbons (Fsp3) is 0.467. The van der Waals surface area contributed by atoms with Crippen LogP contribution < -0.4 is 0 Å². The second-order valence-corrected chi connectivity index (χ2v) is 7.40. The van der Waals surface area contributed by atoms with Crippen LogP contribution in [0.15, 0.2) is 40.2 Å². The number of allylic oxidation sites excluding steroid dienone is 5. The number of aliphatic hydroxyl groups is 1. The summed E-state index contributed by atoms with van der Waals surface area (Å²) in [6.07, 6.45) is 9.54. The minimum absolute atomic E-state index is 0.0235. The molecule has 102 valence electrons. The van der Waals surface area contributed by atoms with Crippen LogP contribution in [0, 0.1) is 5.41 Å². The molecule has 4 heteroatoms. The Balaban J connectivity index is 2.15. The quantitative estimate of drug-likeness (QED) is 0.455. The Morgan fingerprint density at radius 2 is 2.21 bits per heavy atom.